The van der Waals surface area contributed by atoms with Gasteiger partial charge in [0.1, 0.15) is 13.2 Å². The molecule has 186 valence electrons. The minimum absolute atomic E-state index is 0.0552. The highest BCUT2D eigenvalue weighted by Crippen LogP contribution is 2.35. The highest BCUT2D eigenvalue weighted by atomic mass is 32.1. The van der Waals surface area contributed by atoms with Crippen molar-refractivity contribution in [2.45, 2.75) is 46.1 Å². The molecule has 0 radical (unpaired) electrons. The van der Waals surface area contributed by atoms with Gasteiger partial charge in [0.15, 0.2) is 11.5 Å². The van der Waals surface area contributed by atoms with E-state index in [4.69, 9.17) is 9.47 Å². The number of carbonyl (C=O) groups excluding carboxylic acids is 2. The second kappa shape index (κ2) is 12.6. The van der Waals surface area contributed by atoms with Crippen molar-refractivity contribution in [1.29, 1.82) is 0 Å². The van der Waals surface area contributed by atoms with E-state index < -0.39 is 0 Å². The summed E-state index contributed by atoms with van der Waals surface area (Å²) < 4.78 is 11.6. The largest absolute Gasteiger partial charge is 0.493 e. The van der Waals surface area contributed by atoms with Gasteiger partial charge in [-0.25, -0.2) is 4.79 Å². The van der Waals surface area contributed by atoms with Crippen molar-refractivity contribution in [3.05, 3.63) is 46.2 Å². The Morgan fingerprint density at radius 3 is 2.71 bits per heavy atom. The average molecular weight is 488 g/mol. The fourth-order valence-electron chi connectivity index (χ4n) is 4.10. The van der Waals surface area contributed by atoms with Crippen LogP contribution in [0.15, 0.2) is 35.7 Å². The molecular formula is C26H37N3O4S. The fourth-order valence-corrected chi connectivity index (χ4v) is 5.03. The van der Waals surface area contributed by atoms with Crippen molar-refractivity contribution >= 4 is 23.3 Å². The van der Waals surface area contributed by atoms with E-state index in [2.05, 4.69) is 30.6 Å². The van der Waals surface area contributed by atoms with Gasteiger partial charge in [0.25, 0.3) is 0 Å². The van der Waals surface area contributed by atoms with Gasteiger partial charge in [0.2, 0.25) is 5.91 Å². The number of hydrogen-bond donors (Lipinski definition) is 1. The van der Waals surface area contributed by atoms with Crippen molar-refractivity contribution in [3.63, 3.8) is 0 Å². The number of benzene rings is 1. The highest BCUT2D eigenvalue weighted by molar-refractivity contribution is 7.10. The predicted molar refractivity (Wildman–Crippen MR) is 136 cm³/mol. The first-order chi connectivity index (χ1) is 16.5. The summed E-state index contributed by atoms with van der Waals surface area (Å²) in [4.78, 5) is 31.2. The molecule has 1 aliphatic heterocycles. The molecular weight excluding hydrogens is 450 g/mol. The maximum Gasteiger partial charge on any atom is 0.317 e. The molecule has 3 amide bonds. The second-order valence-corrected chi connectivity index (χ2v) is 9.74. The molecule has 2 aromatic rings. The van der Waals surface area contributed by atoms with Crippen molar-refractivity contribution < 1.29 is 19.1 Å². The standard InChI is InChI=1S/C26H37N3O4S/c1-5-13-27-26(31)28(16-19(3)6-2)17-25(30)29-14-11-24-20(12-15-34-24)21(29)18-33-23-10-8-7-9-22(23)32-4/h7-10,12,15,19,21H,5-6,11,13-14,16-18H2,1-4H3,(H,27,31)/t19-,21+/m1/s1. The third kappa shape index (κ3) is 6.44. The van der Waals surface area contributed by atoms with Crippen LogP contribution in [0, 0.1) is 5.92 Å². The van der Waals surface area contributed by atoms with Gasteiger partial charge in [-0.15, -0.1) is 11.3 Å². The lowest BCUT2D eigenvalue weighted by Crippen LogP contribution is -2.50. The normalized spacial score (nSPS) is 15.9. The minimum Gasteiger partial charge on any atom is -0.493 e. The van der Waals surface area contributed by atoms with Crippen molar-refractivity contribution in [2.75, 3.05) is 39.9 Å². The molecule has 1 aliphatic rings. The summed E-state index contributed by atoms with van der Waals surface area (Å²) in [6.45, 7) is 8.37. The number of nitrogens with one attached hydrogen (secondary N) is 1. The molecule has 0 saturated carbocycles. The third-order valence-electron chi connectivity index (χ3n) is 6.25. The van der Waals surface area contributed by atoms with Gasteiger partial charge in [0, 0.05) is 24.5 Å². The Bertz CT molecular complexity index is 948. The summed E-state index contributed by atoms with van der Waals surface area (Å²) in [7, 11) is 1.62. The fraction of sp³-hybridized carbons (Fsp3) is 0.538. The Labute approximate surface area is 207 Å². The lowest BCUT2D eigenvalue weighted by atomic mass is 10.00. The molecule has 0 spiro atoms. The number of thiophene rings is 1. The number of hydrogen-bond acceptors (Lipinski definition) is 5. The molecule has 1 aromatic carbocycles. The van der Waals surface area contributed by atoms with Gasteiger partial charge >= 0.3 is 6.03 Å². The van der Waals surface area contributed by atoms with Gasteiger partial charge in [-0.2, -0.15) is 0 Å². The quantitative estimate of drug-likeness (QED) is 0.497. The summed E-state index contributed by atoms with van der Waals surface area (Å²) >= 11 is 1.72. The second-order valence-electron chi connectivity index (χ2n) is 8.74. The van der Waals surface area contributed by atoms with Crippen LogP contribution in [0.4, 0.5) is 4.79 Å². The van der Waals surface area contributed by atoms with Crippen LogP contribution < -0.4 is 14.8 Å². The number of ether oxygens (including phenoxy) is 2. The first kappa shape index (κ1) is 25.9. The van der Waals surface area contributed by atoms with Crippen LogP contribution in [-0.2, 0) is 11.2 Å². The Kier molecular flexibility index (Phi) is 9.62. The molecule has 2 atom stereocenters. The smallest absolute Gasteiger partial charge is 0.317 e. The Hall–Kier alpha value is -2.74. The zero-order valence-corrected chi connectivity index (χ0v) is 21.5. The first-order valence-corrected chi connectivity index (χ1v) is 13.0. The van der Waals surface area contributed by atoms with Crippen LogP contribution in [0.5, 0.6) is 11.5 Å². The monoisotopic (exact) mass is 487 g/mol. The van der Waals surface area contributed by atoms with E-state index in [0.717, 1.165) is 24.8 Å². The van der Waals surface area contributed by atoms with Crippen molar-refractivity contribution in [1.82, 2.24) is 15.1 Å². The zero-order valence-electron chi connectivity index (χ0n) is 20.7. The number of urea groups is 1. The van der Waals surface area contributed by atoms with E-state index >= 15 is 0 Å². The van der Waals surface area contributed by atoms with Crippen LogP contribution in [0.2, 0.25) is 0 Å². The van der Waals surface area contributed by atoms with Gasteiger partial charge in [-0.05, 0) is 47.9 Å². The molecule has 1 N–H and O–H groups in total. The van der Waals surface area contributed by atoms with E-state index in [0.29, 0.717) is 43.7 Å². The Morgan fingerprint density at radius 1 is 1.24 bits per heavy atom. The number of methoxy groups -OCH3 is 1. The number of carbonyl (C=O) groups is 2. The molecule has 0 fully saturated rings. The lowest BCUT2D eigenvalue weighted by molar-refractivity contribution is -0.135. The molecule has 8 heteroatoms. The number of fused-ring (bicyclic) bond motifs is 1. The molecule has 0 bridgehead atoms. The molecule has 34 heavy (non-hydrogen) atoms. The summed E-state index contributed by atoms with van der Waals surface area (Å²) in [6, 6.07) is 9.22. The Balaban J connectivity index is 1.77. The molecule has 0 saturated heterocycles. The van der Waals surface area contributed by atoms with Gasteiger partial charge in [-0.3, -0.25) is 4.79 Å². The van der Waals surface area contributed by atoms with Crippen LogP contribution in [0.25, 0.3) is 0 Å². The zero-order chi connectivity index (χ0) is 24.5. The number of nitrogens with zero attached hydrogens (tertiary/aromatic N) is 2. The van der Waals surface area contributed by atoms with Crippen LogP contribution in [0.3, 0.4) is 0 Å². The molecule has 2 heterocycles. The number of amides is 3. The van der Waals surface area contributed by atoms with Crippen LogP contribution in [-0.4, -0.2) is 61.6 Å². The van der Waals surface area contributed by atoms with Crippen LogP contribution >= 0.6 is 11.3 Å². The maximum absolute atomic E-state index is 13.6. The van der Waals surface area contributed by atoms with E-state index in [1.807, 2.05) is 36.1 Å². The van der Waals surface area contributed by atoms with Crippen molar-refractivity contribution in [3.8, 4) is 11.5 Å². The highest BCUT2D eigenvalue weighted by Gasteiger charge is 2.33. The molecule has 3 rings (SSSR count). The molecule has 0 unspecified atom stereocenters. The van der Waals surface area contributed by atoms with Crippen LogP contribution in [0.1, 0.15) is 50.1 Å². The topological polar surface area (TPSA) is 71.1 Å². The molecule has 0 aliphatic carbocycles. The predicted octanol–water partition coefficient (Wildman–Crippen LogP) is 4.73. The Morgan fingerprint density at radius 2 is 2.00 bits per heavy atom. The molecule has 7 nitrogen and oxygen atoms in total. The van der Waals surface area contributed by atoms with E-state index in [1.54, 1.807) is 23.3 Å². The SMILES string of the molecule is CCCNC(=O)N(CC(=O)N1CCc2sccc2[C@@H]1COc1ccccc1OC)C[C@H](C)CC. The first-order valence-electron chi connectivity index (χ1n) is 12.1. The third-order valence-corrected chi connectivity index (χ3v) is 7.25. The summed E-state index contributed by atoms with van der Waals surface area (Å²) in [5, 5.41) is 5.00. The van der Waals surface area contributed by atoms with E-state index in [9.17, 15) is 9.59 Å². The molecule has 1 aromatic heterocycles. The van der Waals surface area contributed by atoms with Gasteiger partial charge < -0.3 is 24.6 Å². The van der Waals surface area contributed by atoms with Crippen molar-refractivity contribution in [2.24, 2.45) is 5.92 Å². The van der Waals surface area contributed by atoms with Gasteiger partial charge in [0.05, 0.1) is 13.2 Å². The minimum atomic E-state index is -0.212. The summed E-state index contributed by atoms with van der Waals surface area (Å²) in [5.74, 6) is 1.57. The number of para-hydroxylation sites is 2. The van der Waals surface area contributed by atoms with E-state index in [-0.39, 0.29) is 24.5 Å². The maximum atomic E-state index is 13.6. The van der Waals surface area contributed by atoms with Gasteiger partial charge in [-0.1, -0.05) is 39.3 Å². The average Bonchev–Trinajstić information content (AvgIpc) is 3.34. The van der Waals surface area contributed by atoms with E-state index in [1.165, 1.54) is 4.88 Å². The number of rotatable bonds is 11. The summed E-state index contributed by atoms with van der Waals surface area (Å²) in [5.41, 5.74) is 1.13. The summed E-state index contributed by atoms with van der Waals surface area (Å²) in [6.07, 6.45) is 2.62. The lowest BCUT2D eigenvalue weighted by Gasteiger charge is -2.37.